The summed E-state index contributed by atoms with van der Waals surface area (Å²) in [5, 5.41) is 7.29. The van der Waals surface area contributed by atoms with Gasteiger partial charge in [0.15, 0.2) is 11.5 Å². The number of carbonyl (C=O) groups is 2. The summed E-state index contributed by atoms with van der Waals surface area (Å²) in [6, 6.07) is 0. The molecule has 4 nitrogen and oxygen atoms in total. The lowest BCUT2D eigenvalue weighted by atomic mass is 10.1. The summed E-state index contributed by atoms with van der Waals surface area (Å²) in [5.74, 6) is -1.73. The maximum atomic E-state index is 10.6. The first-order chi connectivity index (χ1) is 5.52. The van der Waals surface area contributed by atoms with E-state index in [1.807, 2.05) is 0 Å². The Morgan fingerprint density at radius 3 is 2.75 bits per heavy atom. The molecule has 0 fully saturated rings. The summed E-state index contributed by atoms with van der Waals surface area (Å²) in [6.07, 6.45) is 0.417. The lowest BCUT2D eigenvalue weighted by Crippen LogP contribution is -2.30. The Morgan fingerprint density at radius 2 is 2.42 bits per heavy atom. The molecule has 1 aliphatic rings. The number of alkyl halides is 1. The van der Waals surface area contributed by atoms with Crippen molar-refractivity contribution in [2.24, 2.45) is 0 Å². The third kappa shape index (κ3) is 1.58. The Labute approximate surface area is 73.8 Å². The Kier molecular flexibility index (Phi) is 2.38. The van der Waals surface area contributed by atoms with Crippen LogP contribution < -0.4 is 0 Å². The number of carboxylic acids is 1. The Bertz CT molecular complexity index is 258. The number of esters is 1. The molecule has 1 aliphatic heterocycles. The maximum absolute atomic E-state index is 10.6. The van der Waals surface area contributed by atoms with Gasteiger partial charge in [-0.25, -0.2) is 4.79 Å². The van der Waals surface area contributed by atoms with E-state index in [4.69, 9.17) is 16.7 Å². The number of carbonyl (C=O) groups excluding carboxylic acids is 1. The van der Waals surface area contributed by atoms with Gasteiger partial charge in [0, 0.05) is 6.08 Å². The summed E-state index contributed by atoms with van der Waals surface area (Å²) in [6.45, 7) is 1.61. The zero-order valence-electron chi connectivity index (χ0n) is 6.28. The van der Waals surface area contributed by atoms with E-state index in [9.17, 15) is 9.59 Å². The molecule has 1 rings (SSSR count). The molecule has 0 saturated carbocycles. The van der Waals surface area contributed by atoms with Crippen LogP contribution in [0.5, 0.6) is 0 Å². The Morgan fingerprint density at radius 1 is 1.83 bits per heavy atom. The predicted octanol–water partition coefficient (Wildman–Crippen LogP) is 0.550. The van der Waals surface area contributed by atoms with Crippen molar-refractivity contribution in [3.8, 4) is 0 Å². The molecule has 0 radical (unpaired) electrons. The van der Waals surface area contributed by atoms with Gasteiger partial charge in [0.2, 0.25) is 0 Å². The van der Waals surface area contributed by atoms with Crippen LogP contribution in [0.1, 0.15) is 6.92 Å². The zero-order chi connectivity index (χ0) is 9.30. The number of aliphatic carboxylic acids is 1. The monoisotopic (exact) mass is 190 g/mol. The van der Waals surface area contributed by atoms with Crippen molar-refractivity contribution in [1.82, 2.24) is 0 Å². The molecule has 0 saturated heterocycles. The fraction of sp³-hybridized carbons (Fsp3) is 0.429. The van der Waals surface area contributed by atoms with E-state index in [0.717, 1.165) is 0 Å². The van der Waals surface area contributed by atoms with Crippen LogP contribution in [0, 0.1) is 0 Å². The standard InChI is InChI=1S/C7H7ClO4/c1-3-2-4(9)12-6(3)5(8)7(10)11/h2,5-6H,1H3,(H,10,11). The first kappa shape index (κ1) is 9.06. The molecular weight excluding hydrogens is 184 g/mol. The number of hydrogen-bond donors (Lipinski definition) is 1. The molecule has 2 unspecified atom stereocenters. The van der Waals surface area contributed by atoms with Gasteiger partial charge in [-0.2, -0.15) is 0 Å². The van der Waals surface area contributed by atoms with Crippen LogP contribution in [0.2, 0.25) is 0 Å². The highest BCUT2D eigenvalue weighted by Crippen LogP contribution is 2.21. The first-order valence-corrected chi connectivity index (χ1v) is 3.71. The molecule has 1 N–H and O–H groups in total. The summed E-state index contributed by atoms with van der Waals surface area (Å²) < 4.78 is 4.65. The smallest absolute Gasteiger partial charge is 0.331 e. The Hall–Kier alpha value is -1.03. The highest BCUT2D eigenvalue weighted by Gasteiger charge is 2.34. The second-order valence-corrected chi connectivity index (χ2v) is 2.96. The largest absolute Gasteiger partial charge is 0.480 e. The third-order valence-electron chi connectivity index (χ3n) is 1.54. The fourth-order valence-corrected chi connectivity index (χ4v) is 1.19. The molecule has 0 spiro atoms. The number of halogens is 1. The molecule has 0 bridgehead atoms. The summed E-state index contributed by atoms with van der Waals surface area (Å²) in [4.78, 5) is 21.0. The SMILES string of the molecule is CC1=CC(=O)OC1C(Cl)C(=O)O. The average Bonchev–Trinajstić information content (AvgIpc) is 2.28. The van der Waals surface area contributed by atoms with Crippen molar-refractivity contribution in [3.05, 3.63) is 11.6 Å². The topological polar surface area (TPSA) is 63.6 Å². The van der Waals surface area contributed by atoms with Crippen molar-refractivity contribution in [3.63, 3.8) is 0 Å². The molecule has 0 aromatic heterocycles. The van der Waals surface area contributed by atoms with E-state index in [-0.39, 0.29) is 0 Å². The van der Waals surface area contributed by atoms with Crippen LogP contribution in [0.25, 0.3) is 0 Å². The quantitative estimate of drug-likeness (QED) is 0.510. The van der Waals surface area contributed by atoms with Crippen molar-refractivity contribution in [2.45, 2.75) is 18.4 Å². The molecule has 5 heteroatoms. The van der Waals surface area contributed by atoms with Crippen LogP contribution in [-0.4, -0.2) is 28.5 Å². The number of cyclic esters (lactones) is 1. The van der Waals surface area contributed by atoms with E-state index in [1.54, 1.807) is 6.92 Å². The van der Waals surface area contributed by atoms with Crippen LogP contribution in [0.3, 0.4) is 0 Å². The molecule has 12 heavy (non-hydrogen) atoms. The summed E-state index contributed by atoms with van der Waals surface area (Å²) >= 11 is 5.46. The highest BCUT2D eigenvalue weighted by atomic mass is 35.5. The van der Waals surface area contributed by atoms with E-state index in [2.05, 4.69) is 4.74 Å². The zero-order valence-corrected chi connectivity index (χ0v) is 7.04. The van der Waals surface area contributed by atoms with Crippen molar-refractivity contribution in [1.29, 1.82) is 0 Å². The van der Waals surface area contributed by atoms with Gasteiger partial charge in [-0.15, -0.1) is 11.6 Å². The number of ether oxygens (including phenoxy) is 1. The molecule has 66 valence electrons. The molecule has 1 heterocycles. The van der Waals surface area contributed by atoms with Gasteiger partial charge in [-0.05, 0) is 12.5 Å². The number of carboxylic acid groups (broad SMARTS) is 1. The second-order valence-electron chi connectivity index (χ2n) is 2.49. The fourth-order valence-electron chi connectivity index (χ4n) is 0.940. The van der Waals surface area contributed by atoms with Gasteiger partial charge in [0.1, 0.15) is 0 Å². The van der Waals surface area contributed by atoms with Gasteiger partial charge >= 0.3 is 11.9 Å². The second kappa shape index (κ2) is 3.15. The van der Waals surface area contributed by atoms with E-state index < -0.39 is 23.4 Å². The van der Waals surface area contributed by atoms with Gasteiger partial charge < -0.3 is 9.84 Å². The van der Waals surface area contributed by atoms with Crippen LogP contribution >= 0.6 is 11.6 Å². The maximum Gasteiger partial charge on any atom is 0.331 e. The molecule has 0 amide bonds. The average molecular weight is 191 g/mol. The van der Waals surface area contributed by atoms with Crippen molar-refractivity contribution < 1.29 is 19.4 Å². The minimum absolute atomic E-state index is 0.538. The summed E-state index contributed by atoms with van der Waals surface area (Å²) in [5.41, 5.74) is 0.544. The number of hydrogen-bond acceptors (Lipinski definition) is 3. The number of rotatable bonds is 2. The first-order valence-electron chi connectivity index (χ1n) is 3.28. The third-order valence-corrected chi connectivity index (χ3v) is 1.95. The lowest BCUT2D eigenvalue weighted by Gasteiger charge is -2.13. The van der Waals surface area contributed by atoms with Crippen LogP contribution in [-0.2, 0) is 14.3 Å². The van der Waals surface area contributed by atoms with Gasteiger partial charge in [-0.1, -0.05) is 0 Å². The molecule has 0 aliphatic carbocycles. The molecule has 0 aromatic rings. The van der Waals surface area contributed by atoms with Gasteiger partial charge in [0.05, 0.1) is 0 Å². The minimum atomic E-state index is -1.20. The van der Waals surface area contributed by atoms with E-state index in [0.29, 0.717) is 5.57 Å². The van der Waals surface area contributed by atoms with Crippen LogP contribution in [0.4, 0.5) is 0 Å². The Balaban J connectivity index is 2.73. The van der Waals surface area contributed by atoms with Crippen LogP contribution in [0.15, 0.2) is 11.6 Å². The van der Waals surface area contributed by atoms with Gasteiger partial charge in [-0.3, -0.25) is 4.79 Å². The lowest BCUT2D eigenvalue weighted by molar-refractivity contribution is -0.144. The van der Waals surface area contributed by atoms with E-state index in [1.165, 1.54) is 6.08 Å². The van der Waals surface area contributed by atoms with Gasteiger partial charge in [0.25, 0.3) is 0 Å². The molecular formula is C7H7ClO4. The minimum Gasteiger partial charge on any atom is -0.480 e. The normalized spacial score (nSPS) is 24.7. The van der Waals surface area contributed by atoms with Crippen molar-refractivity contribution >= 4 is 23.5 Å². The molecule has 2 atom stereocenters. The highest BCUT2D eigenvalue weighted by molar-refractivity contribution is 6.30. The predicted molar refractivity (Wildman–Crippen MR) is 40.9 cm³/mol. The summed E-state index contributed by atoms with van der Waals surface area (Å²) in [7, 11) is 0. The van der Waals surface area contributed by atoms with Crippen molar-refractivity contribution in [2.75, 3.05) is 0 Å². The molecule has 0 aromatic carbocycles. The van der Waals surface area contributed by atoms with E-state index >= 15 is 0 Å².